The van der Waals surface area contributed by atoms with Crippen molar-refractivity contribution in [1.29, 1.82) is 0 Å². The minimum atomic E-state index is -0.434. The van der Waals surface area contributed by atoms with Crippen molar-refractivity contribution in [3.05, 3.63) is 0 Å². The van der Waals surface area contributed by atoms with E-state index in [2.05, 4.69) is 0 Å². The molecule has 0 aromatic carbocycles. The van der Waals surface area contributed by atoms with E-state index >= 15 is 0 Å². The molecule has 0 radical (unpaired) electrons. The molecule has 0 saturated heterocycles. The Balaban J connectivity index is 4.04. The van der Waals surface area contributed by atoms with Crippen molar-refractivity contribution in [1.82, 2.24) is 0 Å². The second-order valence-electron chi connectivity index (χ2n) is 6.32. The van der Waals surface area contributed by atoms with Gasteiger partial charge >= 0.3 is 0 Å². The summed E-state index contributed by atoms with van der Waals surface area (Å²) in [7, 11) is 0.533. The van der Waals surface area contributed by atoms with Gasteiger partial charge in [-0.3, -0.25) is 9.59 Å². The zero-order valence-electron chi connectivity index (χ0n) is 10.6. The molecule has 84 valence electrons. The first-order valence-electron chi connectivity index (χ1n) is 5.23. The molecule has 0 bridgehead atoms. The van der Waals surface area contributed by atoms with E-state index in [1.807, 2.05) is 41.5 Å². The predicted octanol–water partition coefficient (Wildman–Crippen LogP) is 2.55. The Morgan fingerprint density at radius 3 is 1.27 bits per heavy atom. The van der Waals surface area contributed by atoms with Crippen molar-refractivity contribution < 1.29 is 14.3 Å². The van der Waals surface area contributed by atoms with Gasteiger partial charge in [0.25, 0.3) is 26.3 Å². The predicted molar refractivity (Wildman–Crippen MR) is 65.6 cm³/mol. The van der Waals surface area contributed by atoms with Gasteiger partial charge in [-0.2, -0.15) is 0 Å². The average molecular weight is 210 g/mol. The summed E-state index contributed by atoms with van der Waals surface area (Å²) in [6, 6.07) is 0. The van der Waals surface area contributed by atoms with Crippen molar-refractivity contribution >= 4 is 26.3 Å². The van der Waals surface area contributed by atoms with Crippen LogP contribution in [0.5, 0.6) is 0 Å². The van der Waals surface area contributed by atoms with Crippen LogP contribution in [0.25, 0.3) is 0 Å². The van der Waals surface area contributed by atoms with Crippen molar-refractivity contribution in [2.45, 2.75) is 52.2 Å². The lowest BCUT2D eigenvalue weighted by molar-refractivity contribution is 0.183. The lowest BCUT2D eigenvalue weighted by atomic mass is 9.54. The van der Waals surface area contributed by atoms with Crippen molar-refractivity contribution in [2.24, 2.45) is 0 Å². The summed E-state index contributed by atoms with van der Waals surface area (Å²) in [5.41, 5.74) is 0. The number of ether oxygens (including phenoxy) is 1. The highest BCUT2D eigenvalue weighted by Gasteiger charge is 2.25. The first kappa shape index (κ1) is 14.3. The van der Waals surface area contributed by atoms with Gasteiger partial charge in [-0.15, -0.1) is 0 Å². The first-order valence-corrected chi connectivity index (χ1v) is 5.23. The fourth-order valence-corrected chi connectivity index (χ4v) is 1.07. The monoisotopic (exact) mass is 210 g/mol. The van der Waals surface area contributed by atoms with Gasteiger partial charge in [0, 0.05) is 0 Å². The standard InChI is InChI=1S/C10H20B2O3/c1-9(2,3)11-7(13)15-8(14)12-10(4,5)6/h11-12H,1-6H3. The van der Waals surface area contributed by atoms with Gasteiger partial charge in [-0.25, -0.2) is 0 Å². The molecule has 0 aliphatic heterocycles. The Bertz CT molecular complexity index is 222. The molecule has 0 aromatic heterocycles. The molecule has 0 unspecified atom stereocenters. The summed E-state index contributed by atoms with van der Waals surface area (Å²) in [6.07, 6.45) is 0. The van der Waals surface area contributed by atoms with Crippen LogP contribution in [0.4, 0.5) is 9.59 Å². The van der Waals surface area contributed by atoms with Crippen molar-refractivity contribution in [3.8, 4) is 0 Å². The maximum absolute atomic E-state index is 11.3. The minimum Gasteiger partial charge on any atom is -0.411 e. The Morgan fingerprint density at radius 2 is 1.07 bits per heavy atom. The molecule has 0 aromatic rings. The zero-order chi connectivity index (χ0) is 12.3. The van der Waals surface area contributed by atoms with Gasteiger partial charge in [0.2, 0.25) is 0 Å². The average Bonchev–Trinajstić information content (AvgIpc) is 1.73. The molecular weight excluding hydrogens is 190 g/mol. The Hall–Kier alpha value is -0.730. The van der Waals surface area contributed by atoms with Crippen LogP contribution in [0, 0.1) is 0 Å². The fourth-order valence-electron chi connectivity index (χ4n) is 1.07. The molecule has 0 aliphatic rings. The van der Waals surface area contributed by atoms with Crippen LogP contribution in [0.15, 0.2) is 0 Å². The third-order valence-electron chi connectivity index (χ3n) is 1.58. The van der Waals surface area contributed by atoms with Gasteiger partial charge in [-0.1, -0.05) is 52.2 Å². The van der Waals surface area contributed by atoms with Crippen LogP contribution in [0.2, 0.25) is 10.6 Å². The maximum Gasteiger partial charge on any atom is 0.266 e. The summed E-state index contributed by atoms with van der Waals surface area (Å²) < 4.78 is 4.72. The minimum absolute atomic E-state index is 0.140. The van der Waals surface area contributed by atoms with E-state index in [4.69, 9.17) is 4.74 Å². The molecule has 0 atom stereocenters. The number of carbonyl (C=O) groups is 2. The van der Waals surface area contributed by atoms with Crippen LogP contribution < -0.4 is 0 Å². The van der Waals surface area contributed by atoms with E-state index in [9.17, 15) is 9.59 Å². The van der Waals surface area contributed by atoms with E-state index in [-0.39, 0.29) is 25.2 Å². The van der Waals surface area contributed by atoms with Crippen LogP contribution in [0.3, 0.4) is 0 Å². The van der Waals surface area contributed by atoms with Crippen molar-refractivity contribution in [3.63, 3.8) is 0 Å². The summed E-state index contributed by atoms with van der Waals surface area (Å²) in [6.45, 7) is 11.6. The molecular formula is C10H20B2O3. The van der Waals surface area contributed by atoms with Crippen LogP contribution in [-0.2, 0) is 4.74 Å². The number of rotatable bonds is 2. The number of hydrogen-bond acceptors (Lipinski definition) is 3. The highest BCUT2D eigenvalue weighted by molar-refractivity contribution is 6.79. The van der Waals surface area contributed by atoms with E-state index in [0.717, 1.165) is 0 Å². The lowest BCUT2D eigenvalue weighted by Crippen LogP contribution is -2.28. The summed E-state index contributed by atoms with van der Waals surface area (Å²) in [5, 5.41) is -0.280. The van der Waals surface area contributed by atoms with Gasteiger partial charge < -0.3 is 4.74 Å². The molecule has 0 rings (SSSR count). The first-order chi connectivity index (χ1) is 6.49. The second-order valence-corrected chi connectivity index (χ2v) is 6.32. The molecule has 0 spiro atoms. The smallest absolute Gasteiger partial charge is 0.266 e. The van der Waals surface area contributed by atoms with Gasteiger partial charge in [0.05, 0.1) is 0 Å². The molecule has 15 heavy (non-hydrogen) atoms. The van der Waals surface area contributed by atoms with Crippen molar-refractivity contribution in [2.75, 3.05) is 0 Å². The SMILES string of the molecule is CC(C)(C)BC(=O)OC(=O)BC(C)(C)C. The largest absolute Gasteiger partial charge is 0.411 e. The van der Waals surface area contributed by atoms with Crippen LogP contribution in [0.1, 0.15) is 41.5 Å². The van der Waals surface area contributed by atoms with E-state index in [1.165, 1.54) is 0 Å². The summed E-state index contributed by atoms with van der Waals surface area (Å²) in [4.78, 5) is 22.6. The normalized spacial score (nSPS) is 11.9. The fraction of sp³-hybridized carbons (Fsp3) is 0.800. The lowest BCUT2D eigenvalue weighted by Gasteiger charge is -2.17. The molecule has 0 N–H and O–H groups in total. The molecule has 0 fully saturated rings. The maximum atomic E-state index is 11.3. The topological polar surface area (TPSA) is 43.4 Å². The highest BCUT2D eigenvalue weighted by Crippen LogP contribution is 2.22. The molecule has 0 amide bonds. The van der Waals surface area contributed by atoms with Gasteiger partial charge in [-0.05, 0) is 0 Å². The third kappa shape index (κ3) is 9.57. The number of carbonyl (C=O) groups excluding carboxylic acids is 2. The van der Waals surface area contributed by atoms with Gasteiger partial charge in [0.15, 0.2) is 0 Å². The summed E-state index contributed by atoms with van der Waals surface area (Å²) >= 11 is 0. The van der Waals surface area contributed by atoms with Crippen LogP contribution in [-0.4, -0.2) is 26.3 Å². The molecule has 0 aliphatic carbocycles. The van der Waals surface area contributed by atoms with Gasteiger partial charge in [0.1, 0.15) is 0 Å². The van der Waals surface area contributed by atoms with E-state index < -0.39 is 11.7 Å². The molecule has 0 heterocycles. The second kappa shape index (κ2) is 4.86. The molecule has 5 heteroatoms. The number of hydrogen-bond donors (Lipinski definition) is 0. The zero-order valence-corrected chi connectivity index (χ0v) is 10.6. The Kier molecular flexibility index (Phi) is 4.63. The third-order valence-corrected chi connectivity index (χ3v) is 1.58. The highest BCUT2D eigenvalue weighted by atomic mass is 16.6. The van der Waals surface area contributed by atoms with Crippen LogP contribution >= 0.6 is 0 Å². The molecule has 0 saturated carbocycles. The van der Waals surface area contributed by atoms with E-state index in [1.54, 1.807) is 0 Å². The quantitative estimate of drug-likeness (QED) is 0.519. The Morgan fingerprint density at radius 1 is 0.800 bits per heavy atom. The van der Waals surface area contributed by atoms with E-state index in [0.29, 0.717) is 0 Å². The molecule has 3 nitrogen and oxygen atoms in total. The Labute approximate surface area is 93.4 Å². The summed E-state index contributed by atoms with van der Waals surface area (Å²) in [5.74, 6) is -0.867.